The zero-order chi connectivity index (χ0) is 12.5. The van der Waals surface area contributed by atoms with Crippen LogP contribution in [-0.4, -0.2) is 18.4 Å². The van der Waals surface area contributed by atoms with E-state index < -0.39 is 18.0 Å². The van der Waals surface area contributed by atoms with Gasteiger partial charge in [0, 0.05) is 0 Å². The second kappa shape index (κ2) is 5.66. The first-order chi connectivity index (χ1) is 7.27. The first kappa shape index (κ1) is 16.1. The highest BCUT2D eigenvalue weighted by molar-refractivity contribution is 6.32. The molecule has 0 aliphatic rings. The minimum atomic E-state index is -4.58. The Morgan fingerprint density at radius 1 is 1.41 bits per heavy atom. The number of halogens is 5. The lowest BCUT2D eigenvalue weighted by Crippen LogP contribution is -2.28. The summed E-state index contributed by atoms with van der Waals surface area (Å²) in [6.45, 7) is 0. The van der Waals surface area contributed by atoms with Crippen LogP contribution in [0.25, 0.3) is 0 Å². The van der Waals surface area contributed by atoms with E-state index in [0.29, 0.717) is 0 Å². The number of hydrogen-bond acceptors (Lipinski definition) is 3. The summed E-state index contributed by atoms with van der Waals surface area (Å²) in [4.78, 5) is 0. The SMILES string of the molecule is COc1cc([C@H](N)C(F)(F)F)cc(Cl)c1O.Cl. The molecule has 0 radical (unpaired) electrons. The van der Waals surface area contributed by atoms with Gasteiger partial charge in [0.15, 0.2) is 11.5 Å². The van der Waals surface area contributed by atoms with E-state index in [2.05, 4.69) is 4.74 Å². The van der Waals surface area contributed by atoms with Gasteiger partial charge in [0.2, 0.25) is 0 Å². The normalized spacial score (nSPS) is 12.8. The number of ether oxygens (including phenoxy) is 1. The van der Waals surface area contributed by atoms with Gasteiger partial charge < -0.3 is 15.6 Å². The highest BCUT2D eigenvalue weighted by Crippen LogP contribution is 2.39. The molecule has 0 aliphatic heterocycles. The third kappa shape index (κ3) is 3.55. The molecule has 0 aliphatic carbocycles. The topological polar surface area (TPSA) is 55.5 Å². The molecule has 1 aromatic carbocycles. The molecular weight excluding hydrogens is 282 g/mol. The van der Waals surface area contributed by atoms with E-state index >= 15 is 0 Å². The van der Waals surface area contributed by atoms with Crippen LogP contribution in [0.3, 0.4) is 0 Å². The van der Waals surface area contributed by atoms with Gasteiger partial charge in [-0.2, -0.15) is 13.2 Å². The second-order valence-corrected chi connectivity index (χ2v) is 3.48. The van der Waals surface area contributed by atoms with Gasteiger partial charge in [-0.25, -0.2) is 0 Å². The fourth-order valence-corrected chi connectivity index (χ4v) is 1.34. The van der Waals surface area contributed by atoms with Crippen LogP contribution in [0.15, 0.2) is 12.1 Å². The predicted molar refractivity (Wildman–Crippen MR) is 59.9 cm³/mol. The van der Waals surface area contributed by atoms with Crippen LogP contribution in [0, 0.1) is 0 Å². The van der Waals surface area contributed by atoms with E-state index in [1.54, 1.807) is 0 Å². The van der Waals surface area contributed by atoms with E-state index in [1.807, 2.05) is 0 Å². The Morgan fingerprint density at radius 2 is 1.94 bits per heavy atom. The van der Waals surface area contributed by atoms with Crippen LogP contribution >= 0.6 is 24.0 Å². The van der Waals surface area contributed by atoms with Gasteiger partial charge >= 0.3 is 6.18 Å². The molecule has 1 atom stereocenters. The molecule has 0 unspecified atom stereocenters. The molecule has 0 spiro atoms. The predicted octanol–water partition coefficient (Wildman–Crippen LogP) is 3.04. The van der Waals surface area contributed by atoms with E-state index in [-0.39, 0.29) is 28.7 Å². The van der Waals surface area contributed by atoms with Crippen molar-refractivity contribution < 1.29 is 23.0 Å². The molecule has 0 saturated carbocycles. The molecule has 0 amide bonds. The van der Waals surface area contributed by atoms with Gasteiger partial charge in [0.05, 0.1) is 12.1 Å². The standard InChI is InChI=1S/C9H9ClF3NO2.ClH/c1-16-6-3-4(2-5(10)7(6)15)8(14)9(11,12)13;/h2-3,8,15H,14H2,1H3;1H/t8-;/m0./s1. The third-order valence-corrected chi connectivity index (χ3v) is 2.27. The number of benzene rings is 1. The smallest absolute Gasteiger partial charge is 0.407 e. The van der Waals surface area contributed by atoms with E-state index in [0.717, 1.165) is 12.1 Å². The minimum Gasteiger partial charge on any atom is -0.503 e. The number of phenolic OH excluding ortho intramolecular Hbond substituents is 1. The molecule has 3 nitrogen and oxygen atoms in total. The van der Waals surface area contributed by atoms with Crippen molar-refractivity contribution in [2.45, 2.75) is 12.2 Å². The van der Waals surface area contributed by atoms with Crippen molar-refractivity contribution >= 4 is 24.0 Å². The van der Waals surface area contributed by atoms with E-state index in [4.69, 9.17) is 17.3 Å². The lowest BCUT2D eigenvalue weighted by atomic mass is 10.1. The van der Waals surface area contributed by atoms with Gasteiger partial charge in [0.25, 0.3) is 0 Å². The number of rotatable bonds is 2. The lowest BCUT2D eigenvalue weighted by molar-refractivity contribution is -0.149. The number of methoxy groups -OCH3 is 1. The minimum absolute atomic E-state index is 0. The molecule has 8 heteroatoms. The van der Waals surface area contributed by atoms with Gasteiger partial charge in [0.1, 0.15) is 6.04 Å². The maximum Gasteiger partial charge on any atom is 0.407 e. The summed E-state index contributed by atoms with van der Waals surface area (Å²) < 4.78 is 41.7. The molecule has 1 aromatic rings. The molecule has 0 bridgehead atoms. The van der Waals surface area contributed by atoms with Crippen molar-refractivity contribution in [2.75, 3.05) is 7.11 Å². The first-order valence-electron chi connectivity index (χ1n) is 4.16. The second-order valence-electron chi connectivity index (χ2n) is 3.07. The fraction of sp³-hybridized carbons (Fsp3) is 0.333. The first-order valence-corrected chi connectivity index (χ1v) is 4.54. The molecule has 1 rings (SSSR count). The van der Waals surface area contributed by atoms with E-state index in [1.165, 1.54) is 7.11 Å². The summed E-state index contributed by atoms with van der Waals surface area (Å²) in [5, 5.41) is 9.09. The van der Waals surface area contributed by atoms with Crippen molar-refractivity contribution in [3.8, 4) is 11.5 Å². The summed E-state index contributed by atoms with van der Waals surface area (Å²) in [6, 6.07) is -0.212. The Balaban J connectivity index is 0.00000256. The highest BCUT2D eigenvalue weighted by Gasteiger charge is 2.38. The van der Waals surface area contributed by atoms with Crippen LogP contribution in [0.5, 0.6) is 11.5 Å². The van der Waals surface area contributed by atoms with Crippen LogP contribution in [-0.2, 0) is 0 Å². The molecule has 0 heterocycles. The molecule has 3 N–H and O–H groups in total. The molecule has 0 fully saturated rings. The summed E-state index contributed by atoms with van der Waals surface area (Å²) in [7, 11) is 1.20. The van der Waals surface area contributed by atoms with Crippen molar-refractivity contribution in [2.24, 2.45) is 5.73 Å². The maximum atomic E-state index is 12.3. The van der Waals surface area contributed by atoms with Gasteiger partial charge in [-0.3, -0.25) is 0 Å². The third-order valence-electron chi connectivity index (χ3n) is 1.98. The van der Waals surface area contributed by atoms with Gasteiger partial charge in [-0.15, -0.1) is 12.4 Å². The average molecular weight is 292 g/mol. The van der Waals surface area contributed by atoms with Gasteiger partial charge in [-0.05, 0) is 17.7 Å². The fourth-order valence-electron chi connectivity index (χ4n) is 1.12. The quantitative estimate of drug-likeness (QED) is 0.881. The Bertz CT molecular complexity index is 399. The average Bonchev–Trinajstić information content (AvgIpc) is 2.19. The molecule has 0 saturated heterocycles. The Morgan fingerprint density at radius 3 is 2.35 bits per heavy atom. The largest absolute Gasteiger partial charge is 0.503 e. The van der Waals surface area contributed by atoms with Crippen molar-refractivity contribution in [1.29, 1.82) is 0 Å². The number of aromatic hydroxyl groups is 1. The lowest BCUT2D eigenvalue weighted by Gasteiger charge is -2.17. The van der Waals surface area contributed by atoms with Crippen LogP contribution < -0.4 is 10.5 Å². The van der Waals surface area contributed by atoms with E-state index in [9.17, 15) is 18.3 Å². The number of alkyl halides is 3. The van der Waals surface area contributed by atoms with Crippen LogP contribution in [0.1, 0.15) is 11.6 Å². The van der Waals surface area contributed by atoms with Crippen molar-refractivity contribution in [3.63, 3.8) is 0 Å². The monoisotopic (exact) mass is 291 g/mol. The van der Waals surface area contributed by atoms with Gasteiger partial charge in [-0.1, -0.05) is 11.6 Å². The number of phenols is 1. The zero-order valence-electron chi connectivity index (χ0n) is 8.58. The summed E-state index contributed by atoms with van der Waals surface area (Å²) in [5.41, 5.74) is 4.72. The molecule has 17 heavy (non-hydrogen) atoms. The van der Waals surface area contributed by atoms with Crippen LogP contribution in [0.2, 0.25) is 5.02 Å². The summed E-state index contributed by atoms with van der Waals surface area (Å²) in [6.07, 6.45) is -4.58. The Labute approximate surface area is 107 Å². The summed E-state index contributed by atoms with van der Waals surface area (Å²) >= 11 is 5.54. The maximum absolute atomic E-state index is 12.3. The molecule has 98 valence electrons. The molecular formula is C9H10Cl2F3NO2. The van der Waals surface area contributed by atoms with Crippen molar-refractivity contribution in [1.82, 2.24) is 0 Å². The summed E-state index contributed by atoms with van der Waals surface area (Å²) in [5.74, 6) is -0.565. The molecule has 0 aromatic heterocycles. The highest BCUT2D eigenvalue weighted by atomic mass is 35.5. The Hall–Kier alpha value is -0.850. The van der Waals surface area contributed by atoms with Crippen LogP contribution in [0.4, 0.5) is 13.2 Å². The zero-order valence-corrected chi connectivity index (χ0v) is 10.2. The van der Waals surface area contributed by atoms with Crippen molar-refractivity contribution in [3.05, 3.63) is 22.7 Å². The number of hydrogen-bond donors (Lipinski definition) is 2. The Kier molecular flexibility index (Phi) is 5.38. The number of nitrogens with two attached hydrogens (primary N) is 1.